The smallest absolute Gasteiger partial charge is 0.123 e. The van der Waals surface area contributed by atoms with E-state index in [9.17, 15) is 5.11 Å². The maximum atomic E-state index is 10.8. The maximum absolute atomic E-state index is 10.8. The highest BCUT2D eigenvalue weighted by molar-refractivity contribution is 6.31. The van der Waals surface area contributed by atoms with Gasteiger partial charge in [-0.2, -0.15) is 5.10 Å². The number of aliphatic hydroxyl groups is 1. The van der Waals surface area contributed by atoms with Gasteiger partial charge in [0.1, 0.15) is 6.10 Å². The van der Waals surface area contributed by atoms with E-state index in [1.165, 1.54) is 0 Å². The van der Waals surface area contributed by atoms with Crippen LogP contribution in [0.2, 0.25) is 5.02 Å². The highest BCUT2D eigenvalue weighted by Gasteiger charge is 2.22. The first-order chi connectivity index (χ1) is 10.1. The molecule has 1 atom stereocenters. The van der Waals surface area contributed by atoms with Gasteiger partial charge in [0.05, 0.1) is 22.4 Å². The van der Waals surface area contributed by atoms with Crippen LogP contribution in [0.4, 0.5) is 0 Å². The number of hydrogen-bond acceptors (Lipinski definition) is 3. The summed E-state index contributed by atoms with van der Waals surface area (Å²) in [6.45, 7) is 4.01. The summed E-state index contributed by atoms with van der Waals surface area (Å²) < 4.78 is 1.75. The first kappa shape index (κ1) is 14.0. The second kappa shape index (κ2) is 5.47. The van der Waals surface area contributed by atoms with Crippen LogP contribution in [0.3, 0.4) is 0 Å². The van der Waals surface area contributed by atoms with Gasteiger partial charge in [0, 0.05) is 17.6 Å². The van der Waals surface area contributed by atoms with Gasteiger partial charge in [-0.3, -0.25) is 9.67 Å². The van der Waals surface area contributed by atoms with E-state index in [0.717, 1.165) is 16.5 Å². The van der Waals surface area contributed by atoms with Gasteiger partial charge in [-0.25, -0.2) is 0 Å². The number of aromatic nitrogens is 3. The van der Waals surface area contributed by atoms with Crippen LogP contribution in [0.15, 0.2) is 42.7 Å². The summed E-state index contributed by atoms with van der Waals surface area (Å²) in [7, 11) is 0. The van der Waals surface area contributed by atoms with Gasteiger partial charge >= 0.3 is 0 Å². The van der Waals surface area contributed by atoms with Crippen LogP contribution >= 0.6 is 11.6 Å². The third-order valence-electron chi connectivity index (χ3n) is 3.51. The molecule has 0 aliphatic rings. The van der Waals surface area contributed by atoms with Crippen LogP contribution in [0.25, 0.3) is 10.9 Å². The van der Waals surface area contributed by atoms with Gasteiger partial charge in [0.2, 0.25) is 0 Å². The van der Waals surface area contributed by atoms with Crippen molar-refractivity contribution in [1.29, 1.82) is 0 Å². The van der Waals surface area contributed by atoms with Gasteiger partial charge in [-0.15, -0.1) is 0 Å². The molecule has 0 fully saturated rings. The van der Waals surface area contributed by atoms with Crippen molar-refractivity contribution in [3.05, 3.63) is 59.0 Å². The van der Waals surface area contributed by atoms with Gasteiger partial charge in [-0.1, -0.05) is 29.8 Å². The Morgan fingerprint density at radius 3 is 2.76 bits per heavy atom. The Balaban J connectivity index is 2.17. The number of hydrogen-bond donors (Lipinski definition) is 1. The first-order valence-electron chi connectivity index (χ1n) is 6.84. The molecule has 0 aliphatic heterocycles. The van der Waals surface area contributed by atoms with Crippen LogP contribution in [-0.4, -0.2) is 19.9 Å². The zero-order valence-corrected chi connectivity index (χ0v) is 12.6. The summed E-state index contributed by atoms with van der Waals surface area (Å²) in [5.74, 6) is 0. The van der Waals surface area contributed by atoms with Crippen molar-refractivity contribution in [3.63, 3.8) is 0 Å². The van der Waals surface area contributed by atoms with E-state index in [2.05, 4.69) is 10.1 Å². The Morgan fingerprint density at radius 1 is 1.19 bits per heavy atom. The van der Waals surface area contributed by atoms with Crippen molar-refractivity contribution < 1.29 is 5.11 Å². The van der Waals surface area contributed by atoms with Crippen molar-refractivity contribution in [2.45, 2.75) is 26.0 Å². The third kappa shape index (κ3) is 2.41. The number of benzene rings is 1. The van der Waals surface area contributed by atoms with Crippen molar-refractivity contribution in [3.8, 4) is 0 Å². The Hall–Kier alpha value is -1.91. The number of aliphatic hydroxyl groups excluding tert-OH is 1. The molecule has 0 amide bonds. The van der Waals surface area contributed by atoms with Gasteiger partial charge in [0.15, 0.2) is 0 Å². The van der Waals surface area contributed by atoms with Crippen LogP contribution in [0.5, 0.6) is 0 Å². The van der Waals surface area contributed by atoms with Crippen molar-refractivity contribution >= 4 is 22.5 Å². The molecule has 0 spiro atoms. The summed E-state index contributed by atoms with van der Waals surface area (Å²) >= 11 is 6.23. The lowest BCUT2D eigenvalue weighted by Gasteiger charge is -2.18. The molecule has 1 N–H and O–H groups in total. The van der Waals surface area contributed by atoms with Crippen molar-refractivity contribution in [1.82, 2.24) is 14.8 Å². The molecule has 2 aromatic heterocycles. The topological polar surface area (TPSA) is 50.9 Å². The lowest BCUT2D eigenvalue weighted by atomic mass is 10.0. The summed E-state index contributed by atoms with van der Waals surface area (Å²) in [5.41, 5.74) is 2.24. The molecule has 3 aromatic rings. The maximum Gasteiger partial charge on any atom is 0.123 e. The number of nitrogens with zero attached hydrogens (tertiary/aromatic N) is 3. The molecule has 2 heterocycles. The van der Waals surface area contributed by atoms with Gasteiger partial charge < -0.3 is 5.11 Å². The zero-order chi connectivity index (χ0) is 15.0. The lowest BCUT2D eigenvalue weighted by Crippen LogP contribution is -2.13. The molecule has 5 heteroatoms. The van der Waals surface area contributed by atoms with E-state index in [0.29, 0.717) is 10.7 Å². The Labute approximate surface area is 128 Å². The van der Waals surface area contributed by atoms with E-state index in [4.69, 9.17) is 11.6 Å². The predicted molar refractivity (Wildman–Crippen MR) is 83.4 cm³/mol. The highest BCUT2D eigenvalue weighted by atomic mass is 35.5. The second-order valence-electron chi connectivity index (χ2n) is 5.24. The zero-order valence-electron chi connectivity index (χ0n) is 11.9. The van der Waals surface area contributed by atoms with Crippen LogP contribution in [0, 0.1) is 0 Å². The van der Waals surface area contributed by atoms with E-state index >= 15 is 0 Å². The van der Waals surface area contributed by atoms with Gasteiger partial charge in [-0.05, 0) is 31.5 Å². The molecule has 0 radical (unpaired) electrons. The molecule has 1 aromatic carbocycles. The van der Waals surface area contributed by atoms with Crippen LogP contribution in [0.1, 0.15) is 37.3 Å². The number of fused-ring (bicyclic) bond motifs is 1. The molecule has 4 nitrogen and oxygen atoms in total. The molecule has 0 saturated heterocycles. The van der Waals surface area contributed by atoms with E-state index < -0.39 is 6.10 Å². The highest BCUT2D eigenvalue weighted by Crippen LogP contribution is 2.33. The SMILES string of the molecule is CC(C)n1ncc(Cl)c1C(O)c1cccc2ncccc12. The Kier molecular flexibility index (Phi) is 3.66. The molecule has 108 valence electrons. The number of pyridine rings is 1. The molecule has 1 unspecified atom stereocenters. The number of rotatable bonds is 3. The molecular formula is C16H16ClN3O. The van der Waals surface area contributed by atoms with Gasteiger partial charge in [0.25, 0.3) is 0 Å². The van der Waals surface area contributed by atoms with Crippen molar-refractivity contribution in [2.75, 3.05) is 0 Å². The predicted octanol–water partition coefficient (Wildman–Crippen LogP) is 3.75. The second-order valence-corrected chi connectivity index (χ2v) is 5.64. The summed E-state index contributed by atoms with van der Waals surface area (Å²) in [5, 5.41) is 16.5. The minimum Gasteiger partial charge on any atom is -0.382 e. The van der Waals surface area contributed by atoms with Crippen LogP contribution in [-0.2, 0) is 0 Å². The van der Waals surface area contributed by atoms with E-state index in [1.807, 2.05) is 44.2 Å². The molecule has 3 rings (SSSR count). The fraction of sp³-hybridized carbons (Fsp3) is 0.250. The minimum absolute atomic E-state index is 0.121. The molecule has 0 saturated carbocycles. The fourth-order valence-corrected chi connectivity index (χ4v) is 2.76. The quantitative estimate of drug-likeness (QED) is 0.801. The molecular weight excluding hydrogens is 286 g/mol. The summed E-state index contributed by atoms with van der Waals surface area (Å²) in [6, 6.07) is 9.63. The Morgan fingerprint density at radius 2 is 2.00 bits per heavy atom. The Bertz CT molecular complexity index is 777. The average Bonchev–Trinajstić information content (AvgIpc) is 2.88. The normalized spacial score (nSPS) is 13.0. The molecule has 0 aliphatic carbocycles. The minimum atomic E-state index is -0.838. The average molecular weight is 302 g/mol. The molecule has 0 bridgehead atoms. The first-order valence-corrected chi connectivity index (χ1v) is 7.22. The number of halogens is 1. The van der Waals surface area contributed by atoms with E-state index in [-0.39, 0.29) is 6.04 Å². The van der Waals surface area contributed by atoms with Crippen molar-refractivity contribution in [2.24, 2.45) is 0 Å². The molecule has 21 heavy (non-hydrogen) atoms. The largest absolute Gasteiger partial charge is 0.382 e. The monoisotopic (exact) mass is 301 g/mol. The third-order valence-corrected chi connectivity index (χ3v) is 3.80. The fourth-order valence-electron chi connectivity index (χ4n) is 2.53. The van der Waals surface area contributed by atoms with Crippen LogP contribution < -0.4 is 0 Å². The summed E-state index contributed by atoms with van der Waals surface area (Å²) in [4.78, 5) is 4.32. The summed E-state index contributed by atoms with van der Waals surface area (Å²) in [6.07, 6.45) is 2.48. The lowest BCUT2D eigenvalue weighted by molar-refractivity contribution is 0.206. The standard InChI is InChI=1S/C16H16ClN3O/c1-10(2)20-15(13(17)9-19-20)16(21)12-5-3-7-14-11(12)6-4-8-18-14/h3-10,16,21H,1-2H3. The van der Waals surface area contributed by atoms with E-state index in [1.54, 1.807) is 17.1 Å².